The molecule has 0 spiro atoms. The van der Waals surface area contributed by atoms with Crippen molar-refractivity contribution < 1.29 is 14.6 Å². The largest absolute Gasteiger partial charge is 0.487 e. The fraction of sp³-hybridized carbons (Fsp3) is 0.280. The van der Waals surface area contributed by atoms with Gasteiger partial charge in [0.15, 0.2) is 0 Å². The lowest BCUT2D eigenvalue weighted by Crippen LogP contribution is -2.12. The molecule has 1 aromatic heterocycles. The molecule has 2 aromatic carbocycles. The Bertz CT molecular complexity index is 1060. The third-order valence-electron chi connectivity index (χ3n) is 4.95. The number of carbonyl (C=O) groups is 1. The second-order valence-corrected chi connectivity index (χ2v) is 8.30. The molecule has 0 bridgehead atoms. The van der Waals surface area contributed by atoms with Gasteiger partial charge in [0.1, 0.15) is 12.4 Å². The number of carboxylic acid groups (broad SMARTS) is 1. The van der Waals surface area contributed by atoms with Crippen molar-refractivity contribution in [3.8, 4) is 16.9 Å². The summed E-state index contributed by atoms with van der Waals surface area (Å²) in [6.07, 6.45) is 0. The van der Waals surface area contributed by atoms with E-state index >= 15 is 0 Å². The van der Waals surface area contributed by atoms with Crippen LogP contribution in [0, 0.1) is 0 Å². The number of hydrogen-bond acceptors (Lipinski definition) is 3. The smallest absolute Gasteiger partial charge is 0.337 e. The van der Waals surface area contributed by atoms with Gasteiger partial charge in [-0.15, -0.1) is 0 Å². The van der Waals surface area contributed by atoms with Gasteiger partial charge in [0.2, 0.25) is 0 Å². The summed E-state index contributed by atoms with van der Waals surface area (Å²) < 4.78 is 6.03. The molecule has 0 fully saturated rings. The Hall–Kier alpha value is -2.85. The van der Waals surface area contributed by atoms with Crippen molar-refractivity contribution in [2.75, 3.05) is 0 Å². The Balaban J connectivity index is 2.05. The van der Waals surface area contributed by atoms with Gasteiger partial charge in [-0.2, -0.15) is 0 Å². The first kappa shape index (κ1) is 21.8. The number of nitrogens with zero attached hydrogens (tertiary/aromatic N) is 1. The number of para-hydroxylation sites is 1. The number of aromatic carboxylic acids is 1. The molecule has 1 N–H and O–H groups in total. The van der Waals surface area contributed by atoms with Crippen LogP contribution in [-0.4, -0.2) is 16.1 Å². The zero-order chi connectivity index (χ0) is 21.8. The third-order valence-corrected chi connectivity index (χ3v) is 5.18. The Labute approximate surface area is 182 Å². The van der Waals surface area contributed by atoms with Gasteiger partial charge in [-0.3, -0.25) is 4.98 Å². The third kappa shape index (κ3) is 4.82. The highest BCUT2D eigenvalue weighted by atomic mass is 35.5. The summed E-state index contributed by atoms with van der Waals surface area (Å²) in [5, 5.41) is 10.4. The summed E-state index contributed by atoms with van der Waals surface area (Å²) in [4.78, 5) is 16.8. The summed E-state index contributed by atoms with van der Waals surface area (Å²) in [6.45, 7) is 8.35. The van der Waals surface area contributed by atoms with Crippen LogP contribution in [0.15, 0.2) is 54.6 Å². The summed E-state index contributed by atoms with van der Waals surface area (Å²) in [5.74, 6) is 0.112. The van der Waals surface area contributed by atoms with Crippen molar-refractivity contribution in [2.45, 2.75) is 46.1 Å². The van der Waals surface area contributed by atoms with Crippen LogP contribution in [0.25, 0.3) is 11.1 Å². The maximum Gasteiger partial charge on any atom is 0.337 e. The maximum atomic E-state index is 12.0. The van der Waals surface area contributed by atoms with E-state index in [9.17, 15) is 9.90 Å². The Morgan fingerprint density at radius 3 is 2.40 bits per heavy atom. The van der Waals surface area contributed by atoms with E-state index in [-0.39, 0.29) is 18.1 Å². The number of hydrogen-bond donors (Lipinski definition) is 1. The molecule has 0 aliphatic carbocycles. The molecular weight excluding hydrogens is 398 g/mol. The number of benzene rings is 2. The average Bonchev–Trinajstić information content (AvgIpc) is 2.71. The molecule has 0 saturated heterocycles. The van der Waals surface area contributed by atoms with E-state index in [2.05, 4.69) is 13.8 Å². The topological polar surface area (TPSA) is 59.4 Å². The number of pyridine rings is 1. The lowest BCUT2D eigenvalue weighted by atomic mass is 9.95. The predicted octanol–water partition coefficient (Wildman–Crippen LogP) is 6.93. The van der Waals surface area contributed by atoms with Gasteiger partial charge in [-0.05, 0) is 47.2 Å². The lowest BCUT2D eigenvalue weighted by Gasteiger charge is -2.18. The fourth-order valence-electron chi connectivity index (χ4n) is 3.43. The summed E-state index contributed by atoms with van der Waals surface area (Å²) in [6, 6.07) is 16.9. The van der Waals surface area contributed by atoms with Gasteiger partial charge in [-0.1, -0.05) is 69.6 Å². The van der Waals surface area contributed by atoms with Crippen LogP contribution in [0.2, 0.25) is 5.02 Å². The molecule has 1 heterocycles. The number of ether oxygens (including phenoxy) is 1. The first-order chi connectivity index (χ1) is 14.3. The molecule has 0 saturated carbocycles. The number of aromatic nitrogens is 1. The summed E-state index contributed by atoms with van der Waals surface area (Å²) in [5.41, 5.74) is 4.06. The SMILES string of the molecule is CC(C)c1ccccc1OCc1nc(C(C)C)c(-c2cccc(Cl)c2)cc1C(=O)O. The highest BCUT2D eigenvalue weighted by Crippen LogP contribution is 2.32. The van der Waals surface area contributed by atoms with Crippen LogP contribution in [-0.2, 0) is 6.61 Å². The van der Waals surface area contributed by atoms with Gasteiger partial charge < -0.3 is 9.84 Å². The van der Waals surface area contributed by atoms with Crippen LogP contribution in [0.1, 0.15) is 66.8 Å². The first-order valence-electron chi connectivity index (χ1n) is 10.0. The van der Waals surface area contributed by atoms with Gasteiger partial charge in [0, 0.05) is 10.6 Å². The Morgan fingerprint density at radius 2 is 1.77 bits per heavy atom. The number of carboxylic acids is 1. The average molecular weight is 424 g/mol. The van der Waals surface area contributed by atoms with E-state index < -0.39 is 5.97 Å². The van der Waals surface area contributed by atoms with Gasteiger partial charge >= 0.3 is 5.97 Å². The summed E-state index contributed by atoms with van der Waals surface area (Å²) >= 11 is 6.16. The predicted molar refractivity (Wildman–Crippen MR) is 121 cm³/mol. The molecule has 30 heavy (non-hydrogen) atoms. The molecule has 0 amide bonds. The van der Waals surface area contributed by atoms with E-state index in [4.69, 9.17) is 21.3 Å². The molecule has 0 atom stereocenters. The van der Waals surface area contributed by atoms with Crippen molar-refractivity contribution in [2.24, 2.45) is 0 Å². The van der Waals surface area contributed by atoms with Crippen molar-refractivity contribution in [3.63, 3.8) is 0 Å². The van der Waals surface area contributed by atoms with Gasteiger partial charge in [0.25, 0.3) is 0 Å². The highest BCUT2D eigenvalue weighted by Gasteiger charge is 2.20. The molecule has 5 heteroatoms. The van der Waals surface area contributed by atoms with Crippen LogP contribution < -0.4 is 4.74 Å². The van der Waals surface area contributed by atoms with Crippen molar-refractivity contribution in [3.05, 3.63) is 82.1 Å². The monoisotopic (exact) mass is 423 g/mol. The summed E-state index contributed by atoms with van der Waals surface area (Å²) in [7, 11) is 0. The molecule has 4 nitrogen and oxygen atoms in total. The number of halogens is 1. The molecule has 0 unspecified atom stereocenters. The van der Waals surface area contributed by atoms with Crippen molar-refractivity contribution >= 4 is 17.6 Å². The van der Waals surface area contributed by atoms with E-state index in [1.165, 1.54) is 0 Å². The first-order valence-corrected chi connectivity index (χ1v) is 10.4. The molecular formula is C25H26ClNO3. The van der Waals surface area contributed by atoms with Crippen LogP contribution in [0.5, 0.6) is 5.75 Å². The Kier molecular flexibility index (Phi) is 6.78. The maximum absolute atomic E-state index is 12.0. The van der Waals surface area contributed by atoms with E-state index in [1.807, 2.05) is 56.3 Å². The molecule has 0 aliphatic rings. The van der Waals surface area contributed by atoms with E-state index in [1.54, 1.807) is 12.1 Å². The highest BCUT2D eigenvalue weighted by molar-refractivity contribution is 6.30. The van der Waals surface area contributed by atoms with Crippen LogP contribution in [0.4, 0.5) is 0 Å². The van der Waals surface area contributed by atoms with Gasteiger partial charge in [0.05, 0.1) is 17.0 Å². The van der Waals surface area contributed by atoms with Crippen molar-refractivity contribution in [1.29, 1.82) is 0 Å². The van der Waals surface area contributed by atoms with E-state index in [0.717, 1.165) is 28.1 Å². The quantitative estimate of drug-likeness (QED) is 0.447. The minimum absolute atomic E-state index is 0.0842. The second-order valence-electron chi connectivity index (χ2n) is 7.87. The molecule has 0 aliphatic heterocycles. The lowest BCUT2D eigenvalue weighted by molar-refractivity contribution is 0.0693. The van der Waals surface area contributed by atoms with Gasteiger partial charge in [-0.25, -0.2) is 4.79 Å². The number of rotatable bonds is 7. The molecule has 3 aromatic rings. The standard InChI is InChI=1S/C25H26ClNO3/c1-15(2)19-10-5-6-11-23(19)30-14-22-21(25(28)29)13-20(24(27-22)16(3)4)17-8-7-9-18(26)12-17/h5-13,15-16H,14H2,1-4H3,(H,28,29). The Morgan fingerprint density at radius 1 is 1.03 bits per heavy atom. The fourth-order valence-corrected chi connectivity index (χ4v) is 3.62. The normalized spacial score (nSPS) is 11.2. The zero-order valence-corrected chi connectivity index (χ0v) is 18.4. The minimum Gasteiger partial charge on any atom is -0.487 e. The van der Waals surface area contributed by atoms with Crippen molar-refractivity contribution in [1.82, 2.24) is 4.98 Å². The van der Waals surface area contributed by atoms with Crippen LogP contribution in [0.3, 0.4) is 0 Å². The zero-order valence-electron chi connectivity index (χ0n) is 17.6. The molecule has 3 rings (SSSR count). The molecule has 156 valence electrons. The minimum atomic E-state index is -1.03. The second kappa shape index (κ2) is 9.31. The van der Waals surface area contributed by atoms with Crippen LogP contribution >= 0.6 is 11.6 Å². The molecule has 0 radical (unpaired) electrons. The van der Waals surface area contributed by atoms with E-state index in [0.29, 0.717) is 16.6 Å².